The molecule has 0 N–H and O–H groups in total. The third kappa shape index (κ3) is 3.60. The summed E-state index contributed by atoms with van der Waals surface area (Å²) in [5.74, 6) is 1.12. The fourth-order valence-electron chi connectivity index (χ4n) is 4.35. The Balaban J connectivity index is 1.49. The Labute approximate surface area is 186 Å². The van der Waals surface area contributed by atoms with Gasteiger partial charge in [0.1, 0.15) is 5.75 Å². The molecule has 1 aliphatic heterocycles. The summed E-state index contributed by atoms with van der Waals surface area (Å²) >= 11 is 0. The first-order chi connectivity index (χ1) is 15.7. The maximum Gasteiger partial charge on any atom is 0.282 e. The monoisotopic (exact) mass is 427 g/mol. The minimum absolute atomic E-state index is 0.234. The fourth-order valence-corrected chi connectivity index (χ4v) is 4.35. The van der Waals surface area contributed by atoms with Crippen LogP contribution in [0.2, 0.25) is 0 Å². The normalized spacial score (nSPS) is 14.0. The van der Waals surface area contributed by atoms with Gasteiger partial charge in [-0.05, 0) is 61.1 Å². The van der Waals surface area contributed by atoms with Crippen LogP contribution in [0.5, 0.6) is 5.75 Å². The van der Waals surface area contributed by atoms with E-state index < -0.39 is 0 Å². The zero-order valence-corrected chi connectivity index (χ0v) is 18.3. The van der Waals surface area contributed by atoms with E-state index >= 15 is 0 Å². The lowest BCUT2D eigenvalue weighted by Gasteiger charge is -2.28. The Hall–Kier alpha value is -3.74. The molecule has 4 aromatic rings. The Morgan fingerprint density at radius 1 is 0.969 bits per heavy atom. The first kappa shape index (κ1) is 20.2. The number of anilines is 1. The van der Waals surface area contributed by atoms with Crippen molar-refractivity contribution in [2.45, 2.75) is 26.2 Å². The molecule has 3 heterocycles. The number of ether oxygens (including phenoxy) is 1. The molecule has 0 unspecified atom stereocenters. The van der Waals surface area contributed by atoms with Crippen molar-refractivity contribution in [3.05, 3.63) is 70.9 Å². The number of hydrogen-bond donors (Lipinski definition) is 0. The zero-order chi connectivity index (χ0) is 22.1. The second kappa shape index (κ2) is 8.42. The van der Waals surface area contributed by atoms with Gasteiger partial charge in [-0.15, -0.1) is 0 Å². The van der Waals surface area contributed by atoms with Crippen LogP contribution < -0.4 is 15.2 Å². The highest BCUT2D eigenvalue weighted by Crippen LogP contribution is 2.31. The van der Waals surface area contributed by atoms with Gasteiger partial charge < -0.3 is 9.64 Å². The van der Waals surface area contributed by atoms with Gasteiger partial charge in [0.15, 0.2) is 0 Å². The summed E-state index contributed by atoms with van der Waals surface area (Å²) in [4.78, 5) is 24.2. The third-order valence-corrected chi connectivity index (χ3v) is 6.14. The smallest absolute Gasteiger partial charge is 0.282 e. The van der Waals surface area contributed by atoms with Crippen molar-refractivity contribution >= 4 is 16.5 Å². The van der Waals surface area contributed by atoms with Crippen LogP contribution in [0.4, 0.5) is 5.69 Å². The van der Waals surface area contributed by atoms with Crippen molar-refractivity contribution in [3.8, 4) is 22.8 Å². The number of benzene rings is 2. The van der Waals surface area contributed by atoms with Gasteiger partial charge in [-0.2, -0.15) is 9.78 Å². The standard InChI is InChI=1S/C25H25N5O2/c1-17-21(7-6-8-23(17)32-2)18-9-10-22-19(13-18)14-28-30(24(22)31)25-26-15-20(16-27-25)29-11-4-3-5-12-29/h6-10,13-16H,3-5,11-12H2,1-2H3. The van der Waals surface area contributed by atoms with Gasteiger partial charge >= 0.3 is 0 Å². The summed E-state index contributed by atoms with van der Waals surface area (Å²) in [6.07, 6.45) is 8.89. The van der Waals surface area contributed by atoms with Crippen LogP contribution in [0, 0.1) is 6.92 Å². The van der Waals surface area contributed by atoms with Crippen LogP contribution in [0.15, 0.2) is 59.8 Å². The van der Waals surface area contributed by atoms with Gasteiger partial charge in [0, 0.05) is 18.5 Å². The lowest BCUT2D eigenvalue weighted by Crippen LogP contribution is -2.30. The minimum atomic E-state index is -0.234. The van der Waals surface area contributed by atoms with Crippen molar-refractivity contribution in [2.75, 3.05) is 25.1 Å². The molecular weight excluding hydrogens is 402 g/mol. The molecule has 0 saturated carbocycles. The highest BCUT2D eigenvalue weighted by Gasteiger charge is 2.14. The van der Waals surface area contributed by atoms with Crippen molar-refractivity contribution < 1.29 is 4.74 Å². The van der Waals surface area contributed by atoms with Crippen LogP contribution >= 0.6 is 0 Å². The highest BCUT2D eigenvalue weighted by atomic mass is 16.5. The molecule has 1 fully saturated rings. The summed E-state index contributed by atoms with van der Waals surface area (Å²) in [5, 5.41) is 5.70. The first-order valence-electron chi connectivity index (χ1n) is 10.9. The van der Waals surface area contributed by atoms with E-state index in [0.717, 1.165) is 46.6 Å². The highest BCUT2D eigenvalue weighted by molar-refractivity contribution is 5.87. The van der Waals surface area contributed by atoms with Crippen molar-refractivity contribution in [1.82, 2.24) is 19.7 Å². The molecule has 2 aromatic carbocycles. The molecule has 162 valence electrons. The van der Waals surface area contributed by atoms with Gasteiger partial charge in [-0.3, -0.25) is 4.79 Å². The molecule has 7 nitrogen and oxygen atoms in total. The van der Waals surface area contributed by atoms with E-state index in [4.69, 9.17) is 4.74 Å². The van der Waals surface area contributed by atoms with Crippen LogP contribution in [0.1, 0.15) is 24.8 Å². The van der Waals surface area contributed by atoms with Gasteiger partial charge in [0.2, 0.25) is 0 Å². The molecule has 7 heteroatoms. The predicted octanol–water partition coefficient (Wildman–Crippen LogP) is 4.15. The molecule has 0 bridgehead atoms. The SMILES string of the molecule is COc1cccc(-c2ccc3c(=O)n(-c4ncc(N5CCCCC5)cn4)ncc3c2)c1C. The molecule has 0 aliphatic carbocycles. The molecule has 0 spiro atoms. The maximum absolute atomic E-state index is 13.1. The van der Waals surface area contributed by atoms with Gasteiger partial charge in [-0.25, -0.2) is 9.97 Å². The van der Waals surface area contributed by atoms with Crippen LogP contribution in [0.3, 0.4) is 0 Å². The Morgan fingerprint density at radius 2 is 1.75 bits per heavy atom. The van der Waals surface area contributed by atoms with Crippen molar-refractivity contribution in [3.63, 3.8) is 0 Å². The maximum atomic E-state index is 13.1. The van der Waals surface area contributed by atoms with E-state index in [0.29, 0.717) is 5.39 Å². The molecular formula is C25H25N5O2. The number of piperidine rings is 1. The van der Waals surface area contributed by atoms with E-state index in [-0.39, 0.29) is 11.5 Å². The van der Waals surface area contributed by atoms with E-state index in [1.165, 1.54) is 23.9 Å². The number of fused-ring (bicyclic) bond motifs is 1. The molecule has 32 heavy (non-hydrogen) atoms. The summed E-state index contributed by atoms with van der Waals surface area (Å²) in [5.41, 5.74) is 3.88. The van der Waals surface area contributed by atoms with E-state index in [2.05, 4.69) is 20.0 Å². The minimum Gasteiger partial charge on any atom is -0.496 e. The summed E-state index contributed by atoms with van der Waals surface area (Å²) in [6, 6.07) is 11.7. The molecule has 5 rings (SSSR count). The van der Waals surface area contributed by atoms with E-state index in [1.54, 1.807) is 25.7 Å². The van der Waals surface area contributed by atoms with Crippen LogP contribution in [0.25, 0.3) is 27.8 Å². The van der Waals surface area contributed by atoms with Gasteiger partial charge in [0.05, 0.1) is 36.8 Å². The number of aromatic nitrogens is 4. The summed E-state index contributed by atoms with van der Waals surface area (Å²) in [6.45, 7) is 4.07. The first-order valence-corrected chi connectivity index (χ1v) is 10.9. The van der Waals surface area contributed by atoms with Gasteiger partial charge in [0.25, 0.3) is 11.5 Å². The summed E-state index contributed by atoms with van der Waals surface area (Å²) < 4.78 is 6.71. The van der Waals surface area contributed by atoms with Crippen LogP contribution in [-0.4, -0.2) is 39.9 Å². The van der Waals surface area contributed by atoms with Crippen molar-refractivity contribution in [1.29, 1.82) is 0 Å². The second-order valence-corrected chi connectivity index (χ2v) is 8.09. The van der Waals surface area contributed by atoms with E-state index in [1.807, 2.05) is 43.3 Å². The molecule has 2 aromatic heterocycles. The molecule has 0 amide bonds. The number of nitrogens with zero attached hydrogens (tertiary/aromatic N) is 5. The topological polar surface area (TPSA) is 73.1 Å². The fraction of sp³-hybridized carbons (Fsp3) is 0.280. The van der Waals surface area contributed by atoms with E-state index in [9.17, 15) is 4.79 Å². The Bertz CT molecular complexity index is 1320. The average molecular weight is 428 g/mol. The molecule has 1 aliphatic rings. The van der Waals surface area contributed by atoms with Crippen molar-refractivity contribution in [2.24, 2.45) is 0 Å². The predicted molar refractivity (Wildman–Crippen MR) is 126 cm³/mol. The Kier molecular flexibility index (Phi) is 5.31. The van der Waals surface area contributed by atoms with Crippen LogP contribution in [-0.2, 0) is 0 Å². The zero-order valence-electron chi connectivity index (χ0n) is 18.3. The molecule has 0 atom stereocenters. The third-order valence-electron chi connectivity index (χ3n) is 6.14. The van der Waals surface area contributed by atoms with Gasteiger partial charge in [-0.1, -0.05) is 18.2 Å². The number of rotatable bonds is 4. The molecule has 0 radical (unpaired) electrons. The largest absolute Gasteiger partial charge is 0.496 e. The molecule has 1 saturated heterocycles. The lowest BCUT2D eigenvalue weighted by atomic mass is 9.98. The quantitative estimate of drug-likeness (QED) is 0.487. The average Bonchev–Trinajstić information content (AvgIpc) is 2.85. The Morgan fingerprint density at radius 3 is 2.50 bits per heavy atom. The lowest BCUT2D eigenvalue weighted by molar-refractivity contribution is 0.412. The second-order valence-electron chi connectivity index (χ2n) is 8.09. The number of hydrogen-bond acceptors (Lipinski definition) is 6. The summed E-state index contributed by atoms with van der Waals surface area (Å²) in [7, 11) is 1.67. The number of methoxy groups -OCH3 is 1.